The van der Waals surface area contributed by atoms with Gasteiger partial charge in [0.05, 0.1) is 25.3 Å². The highest BCUT2D eigenvalue weighted by Gasteiger charge is 2.41. The fourth-order valence-electron chi connectivity index (χ4n) is 2.64. The number of ether oxygens (including phenoxy) is 2. The van der Waals surface area contributed by atoms with Crippen LogP contribution < -0.4 is 4.90 Å². The summed E-state index contributed by atoms with van der Waals surface area (Å²) in [7, 11) is 0. The summed E-state index contributed by atoms with van der Waals surface area (Å²) in [6.07, 6.45) is 3.45. The molecular weight excluding hydrogens is 266 g/mol. The highest BCUT2D eigenvalue weighted by Crippen LogP contribution is 2.35. The third kappa shape index (κ3) is 2.27. The Bertz CT molecular complexity index is 523. The first-order valence-electron chi connectivity index (χ1n) is 6.32. The van der Waals surface area contributed by atoms with Gasteiger partial charge >= 0.3 is 0 Å². The highest BCUT2D eigenvalue weighted by molar-refractivity contribution is 6.34. The molecule has 1 aromatic heterocycles. The minimum absolute atomic E-state index is 0.403. The molecular formula is C13H14ClN3O2. The number of pyridine rings is 1. The number of nitriles is 1. The molecule has 5 nitrogen and oxygen atoms in total. The van der Waals surface area contributed by atoms with Gasteiger partial charge in [-0.25, -0.2) is 4.98 Å². The summed E-state index contributed by atoms with van der Waals surface area (Å²) >= 11 is 6.23. The van der Waals surface area contributed by atoms with E-state index in [4.69, 9.17) is 26.3 Å². The summed E-state index contributed by atoms with van der Waals surface area (Å²) in [6.45, 7) is 2.71. The second kappa shape index (κ2) is 4.97. The lowest BCUT2D eigenvalue weighted by molar-refractivity contribution is -0.161. The number of rotatable bonds is 1. The van der Waals surface area contributed by atoms with Crippen LogP contribution in [-0.2, 0) is 9.47 Å². The second-order valence-corrected chi connectivity index (χ2v) is 5.12. The normalized spacial score (nSPS) is 21.6. The molecule has 1 aromatic rings. The van der Waals surface area contributed by atoms with E-state index in [2.05, 4.69) is 11.1 Å². The molecule has 1 spiro atoms. The van der Waals surface area contributed by atoms with Crippen LogP contribution >= 0.6 is 11.6 Å². The predicted molar refractivity (Wildman–Crippen MR) is 70.0 cm³/mol. The highest BCUT2D eigenvalue weighted by atomic mass is 35.5. The van der Waals surface area contributed by atoms with Gasteiger partial charge in [0.15, 0.2) is 5.79 Å². The van der Waals surface area contributed by atoms with E-state index in [1.807, 2.05) is 4.90 Å². The van der Waals surface area contributed by atoms with Gasteiger partial charge in [0.2, 0.25) is 0 Å². The van der Waals surface area contributed by atoms with Crippen LogP contribution in [0.2, 0.25) is 5.02 Å². The van der Waals surface area contributed by atoms with Crippen LogP contribution in [0, 0.1) is 11.3 Å². The molecule has 0 N–H and O–H groups in total. The molecule has 3 heterocycles. The standard InChI is InChI=1S/C13H14ClN3O2/c14-11-10(8-15)2-4-16-12(11)17-5-1-3-13(9-17)18-6-7-19-13/h2,4H,1,3,5-7,9H2. The van der Waals surface area contributed by atoms with Gasteiger partial charge in [0, 0.05) is 19.2 Å². The van der Waals surface area contributed by atoms with Gasteiger partial charge in [-0.15, -0.1) is 0 Å². The van der Waals surface area contributed by atoms with Crippen molar-refractivity contribution < 1.29 is 9.47 Å². The minimum atomic E-state index is -0.522. The Labute approximate surface area is 116 Å². The van der Waals surface area contributed by atoms with E-state index in [0.29, 0.717) is 36.2 Å². The van der Waals surface area contributed by atoms with E-state index in [-0.39, 0.29) is 0 Å². The SMILES string of the molecule is N#Cc1ccnc(N2CCCC3(C2)OCCO3)c1Cl. The number of nitrogens with zero attached hydrogens (tertiary/aromatic N) is 3. The fraction of sp³-hybridized carbons (Fsp3) is 0.538. The van der Waals surface area contributed by atoms with E-state index >= 15 is 0 Å². The number of halogens is 1. The Morgan fingerprint density at radius 1 is 1.42 bits per heavy atom. The fourth-order valence-corrected chi connectivity index (χ4v) is 2.91. The smallest absolute Gasteiger partial charge is 0.186 e. The van der Waals surface area contributed by atoms with Crippen molar-refractivity contribution >= 4 is 17.4 Å². The van der Waals surface area contributed by atoms with Crippen molar-refractivity contribution in [2.24, 2.45) is 0 Å². The van der Waals surface area contributed by atoms with Crippen LogP contribution in [0.4, 0.5) is 5.82 Å². The van der Waals surface area contributed by atoms with Gasteiger partial charge in [0.25, 0.3) is 0 Å². The van der Waals surface area contributed by atoms with Crippen LogP contribution in [0.5, 0.6) is 0 Å². The van der Waals surface area contributed by atoms with Gasteiger partial charge in [0.1, 0.15) is 16.9 Å². The maximum Gasteiger partial charge on any atom is 0.186 e. The topological polar surface area (TPSA) is 58.4 Å². The Balaban J connectivity index is 1.88. The molecule has 0 amide bonds. The van der Waals surface area contributed by atoms with E-state index in [9.17, 15) is 0 Å². The summed E-state index contributed by atoms with van der Waals surface area (Å²) in [5.41, 5.74) is 0.444. The van der Waals surface area contributed by atoms with Crippen molar-refractivity contribution in [3.8, 4) is 6.07 Å². The third-order valence-corrected chi connectivity index (χ3v) is 3.89. The average Bonchev–Trinajstić information content (AvgIpc) is 2.87. The zero-order chi connectivity index (χ0) is 13.3. The molecule has 0 aliphatic carbocycles. The third-order valence-electron chi connectivity index (χ3n) is 3.52. The Hall–Kier alpha value is -1.35. The van der Waals surface area contributed by atoms with Crippen LogP contribution in [0.3, 0.4) is 0 Å². The molecule has 0 unspecified atom stereocenters. The summed E-state index contributed by atoms with van der Waals surface area (Å²) in [4.78, 5) is 6.34. The molecule has 19 heavy (non-hydrogen) atoms. The van der Waals surface area contributed by atoms with Gasteiger partial charge in [-0.2, -0.15) is 5.26 Å². The van der Waals surface area contributed by atoms with Crippen molar-refractivity contribution in [1.29, 1.82) is 5.26 Å². The molecule has 3 rings (SSSR count). The summed E-state index contributed by atoms with van der Waals surface area (Å²) in [6, 6.07) is 3.69. The number of anilines is 1. The molecule has 2 saturated heterocycles. The van der Waals surface area contributed by atoms with E-state index in [0.717, 1.165) is 19.4 Å². The number of aromatic nitrogens is 1. The molecule has 0 bridgehead atoms. The zero-order valence-electron chi connectivity index (χ0n) is 10.4. The second-order valence-electron chi connectivity index (χ2n) is 4.74. The number of hydrogen-bond donors (Lipinski definition) is 0. The van der Waals surface area contributed by atoms with Crippen molar-refractivity contribution in [1.82, 2.24) is 4.98 Å². The van der Waals surface area contributed by atoms with Crippen LogP contribution in [0.15, 0.2) is 12.3 Å². The van der Waals surface area contributed by atoms with Gasteiger partial charge in [-0.1, -0.05) is 11.6 Å². The molecule has 2 aliphatic rings. The van der Waals surface area contributed by atoms with Gasteiger partial charge < -0.3 is 14.4 Å². The van der Waals surface area contributed by atoms with Gasteiger partial charge in [-0.05, 0) is 12.5 Å². The van der Waals surface area contributed by atoms with Crippen molar-refractivity contribution in [3.05, 3.63) is 22.8 Å². The quantitative estimate of drug-likeness (QED) is 0.786. The van der Waals surface area contributed by atoms with E-state index < -0.39 is 5.79 Å². The Morgan fingerprint density at radius 3 is 2.95 bits per heavy atom. The van der Waals surface area contributed by atoms with Crippen LogP contribution in [0.25, 0.3) is 0 Å². The summed E-state index contributed by atoms with van der Waals surface area (Å²) in [5, 5.41) is 9.42. The van der Waals surface area contributed by atoms with Crippen LogP contribution in [0.1, 0.15) is 18.4 Å². The largest absolute Gasteiger partial charge is 0.350 e. The maximum absolute atomic E-state index is 9.02. The zero-order valence-corrected chi connectivity index (χ0v) is 11.2. The maximum atomic E-state index is 9.02. The predicted octanol–water partition coefficient (Wildman–Crippen LogP) is 1.95. The molecule has 100 valence electrons. The van der Waals surface area contributed by atoms with Gasteiger partial charge in [-0.3, -0.25) is 0 Å². The van der Waals surface area contributed by atoms with Crippen molar-refractivity contribution in [2.75, 3.05) is 31.2 Å². The summed E-state index contributed by atoms with van der Waals surface area (Å²) in [5.74, 6) is 0.116. The molecule has 0 aromatic carbocycles. The Kier molecular flexibility index (Phi) is 3.31. The molecule has 2 aliphatic heterocycles. The monoisotopic (exact) mass is 279 g/mol. The lowest BCUT2D eigenvalue weighted by atomic mass is 10.0. The summed E-state index contributed by atoms with van der Waals surface area (Å²) < 4.78 is 11.5. The number of piperidine rings is 1. The lowest BCUT2D eigenvalue weighted by Crippen LogP contribution is -2.49. The van der Waals surface area contributed by atoms with E-state index in [1.165, 1.54) is 0 Å². The van der Waals surface area contributed by atoms with Crippen molar-refractivity contribution in [3.63, 3.8) is 0 Å². The molecule has 6 heteroatoms. The molecule has 0 atom stereocenters. The Morgan fingerprint density at radius 2 is 2.21 bits per heavy atom. The minimum Gasteiger partial charge on any atom is -0.350 e. The molecule has 2 fully saturated rings. The number of hydrogen-bond acceptors (Lipinski definition) is 5. The first-order valence-corrected chi connectivity index (χ1v) is 6.69. The average molecular weight is 280 g/mol. The first kappa shape index (κ1) is 12.7. The first-order chi connectivity index (χ1) is 9.24. The van der Waals surface area contributed by atoms with E-state index in [1.54, 1.807) is 12.3 Å². The molecule has 0 radical (unpaired) electrons. The van der Waals surface area contributed by atoms with Crippen molar-refractivity contribution in [2.45, 2.75) is 18.6 Å². The van der Waals surface area contributed by atoms with Crippen LogP contribution in [-0.4, -0.2) is 37.1 Å². The molecule has 0 saturated carbocycles. The lowest BCUT2D eigenvalue weighted by Gasteiger charge is -2.39.